The molecule has 0 spiro atoms. The number of hydrogen-bond donors (Lipinski definition) is 4. The van der Waals surface area contributed by atoms with Crippen LogP contribution in [0.1, 0.15) is 164 Å². The van der Waals surface area contributed by atoms with Gasteiger partial charge >= 0.3 is 0 Å². The number of hydrogen-bond acceptors (Lipinski definition) is 8. The summed E-state index contributed by atoms with van der Waals surface area (Å²) in [7, 11) is 6.00. The lowest BCUT2D eigenvalue weighted by molar-refractivity contribution is -0.117. The van der Waals surface area contributed by atoms with Gasteiger partial charge in [0.15, 0.2) is 0 Å². The molecule has 0 atom stereocenters. The second-order valence-corrected chi connectivity index (χ2v) is 11.2. The van der Waals surface area contributed by atoms with E-state index in [1.54, 1.807) is 27.7 Å². The summed E-state index contributed by atoms with van der Waals surface area (Å²) in [5.41, 5.74) is 18.0. The van der Waals surface area contributed by atoms with Crippen molar-refractivity contribution in [3.63, 3.8) is 0 Å². The molecule has 8 nitrogen and oxygen atoms in total. The summed E-state index contributed by atoms with van der Waals surface area (Å²) in [4.78, 5) is 39.2. The maximum atomic E-state index is 9.81. The fourth-order valence-electron chi connectivity index (χ4n) is 2.31. The van der Waals surface area contributed by atoms with Crippen LogP contribution < -0.4 is 22.9 Å². The molecule has 8 heteroatoms. The molecule has 0 aromatic heterocycles. The van der Waals surface area contributed by atoms with Crippen molar-refractivity contribution < 1.29 is 19.2 Å². The lowest BCUT2D eigenvalue weighted by atomic mass is 10.4. The number of rotatable bonds is 4. The summed E-state index contributed by atoms with van der Waals surface area (Å²) < 4.78 is 0. The van der Waals surface area contributed by atoms with Crippen molar-refractivity contribution >= 4 is 23.1 Å². The molecule has 0 saturated carbocycles. The van der Waals surface area contributed by atoms with Crippen LogP contribution in [0.3, 0.4) is 0 Å². The molecule has 0 fully saturated rings. The number of ketones is 4. The van der Waals surface area contributed by atoms with Crippen molar-refractivity contribution in [3.8, 4) is 0 Å². The van der Waals surface area contributed by atoms with Gasteiger partial charge in [-0.2, -0.15) is 0 Å². The first kappa shape index (κ1) is 106. The van der Waals surface area contributed by atoms with Gasteiger partial charge in [-0.3, -0.25) is 0 Å². The van der Waals surface area contributed by atoms with Crippen molar-refractivity contribution in [2.75, 3.05) is 28.2 Å². The summed E-state index contributed by atoms with van der Waals surface area (Å²) in [5.74, 6) is 1.02. The summed E-state index contributed by atoms with van der Waals surface area (Å²) >= 11 is 0. The third kappa shape index (κ3) is 212. The third-order valence-corrected chi connectivity index (χ3v) is 5.99. The molecule has 0 bridgehead atoms. The number of Topliss-reactive ketones (excluding diaryl/α,β-unsaturated/α-hetero) is 4. The van der Waals surface area contributed by atoms with Crippen LogP contribution in [0.5, 0.6) is 0 Å². The van der Waals surface area contributed by atoms with Crippen LogP contribution in [0.25, 0.3) is 0 Å². The molecule has 0 unspecified atom stereocenters. The summed E-state index contributed by atoms with van der Waals surface area (Å²) in [6.07, 6.45) is 2.67. The number of nitrogens with two attached hydrogens (primary N) is 4. The first-order valence-electron chi connectivity index (χ1n) is 27.4. The third-order valence-electron chi connectivity index (χ3n) is 5.99. The molecule has 76 heavy (non-hydrogen) atoms. The number of benzene rings is 6. The Kier molecular flexibility index (Phi) is 211. The molecule has 0 saturated heterocycles. The molecule has 6 rings (SSSR count). The molecule has 0 aliphatic heterocycles. The van der Waals surface area contributed by atoms with Crippen LogP contribution in [0.4, 0.5) is 0 Å². The Morgan fingerprint density at radius 1 is 0.184 bits per heavy atom. The van der Waals surface area contributed by atoms with Crippen molar-refractivity contribution in [1.29, 1.82) is 0 Å². The zero-order valence-electron chi connectivity index (χ0n) is 53.6. The highest BCUT2D eigenvalue weighted by atomic mass is 16.1. The molecular weight excluding hydrogens is 937 g/mol. The highest BCUT2D eigenvalue weighted by Gasteiger charge is 1.78. The van der Waals surface area contributed by atoms with E-state index in [0.29, 0.717) is 25.7 Å². The number of carbonyl (C=O) groups is 4. The Morgan fingerprint density at radius 3 is 0.224 bits per heavy atom. The van der Waals surface area contributed by atoms with E-state index in [0.717, 1.165) is 0 Å². The smallest absolute Gasteiger partial charge is 0.129 e. The molecule has 6 aromatic carbocycles. The van der Waals surface area contributed by atoms with Gasteiger partial charge in [-0.25, -0.2) is 0 Å². The SMILES string of the molecule is CC.CC.CC.CC.CC.CC.CCC(C)=O.CCC(C)=O.CCC(C)=O.CCC(C)=O.CN.CN.CN.CN.c1ccccc1.c1ccccc1.c1ccccc1.c1ccccc1.c1ccccc1.c1ccccc1. The highest BCUT2D eigenvalue weighted by Crippen LogP contribution is 1.83. The molecule has 440 valence electrons. The summed E-state index contributed by atoms with van der Waals surface area (Å²) in [6.45, 7) is 37.7. The molecule has 0 aliphatic rings. The van der Waals surface area contributed by atoms with Crippen molar-refractivity contribution in [1.82, 2.24) is 0 Å². The maximum absolute atomic E-state index is 9.81. The Balaban J connectivity index is -0.0000000452. The molecule has 0 heterocycles. The van der Waals surface area contributed by atoms with Gasteiger partial charge in [0.05, 0.1) is 0 Å². The van der Waals surface area contributed by atoms with Crippen molar-refractivity contribution in [3.05, 3.63) is 218 Å². The van der Waals surface area contributed by atoms with Crippen LogP contribution >= 0.6 is 0 Å². The Bertz CT molecular complexity index is 1110. The predicted octanol–water partition coefficient (Wildman–Crippen LogP) is 18.5. The Labute approximate surface area is 474 Å². The zero-order chi connectivity index (χ0) is 62.6. The van der Waals surface area contributed by atoms with Gasteiger partial charge in [0.1, 0.15) is 23.1 Å². The van der Waals surface area contributed by atoms with E-state index < -0.39 is 0 Å². The van der Waals surface area contributed by atoms with Gasteiger partial charge in [-0.1, -0.05) is 329 Å². The van der Waals surface area contributed by atoms with E-state index in [1.807, 2.05) is 329 Å². The van der Waals surface area contributed by atoms with Gasteiger partial charge in [-0.15, -0.1) is 0 Å². The van der Waals surface area contributed by atoms with E-state index in [-0.39, 0.29) is 23.1 Å². The molecule has 0 radical (unpaired) electrons. The van der Waals surface area contributed by atoms with Crippen LogP contribution in [0.15, 0.2) is 218 Å². The van der Waals surface area contributed by atoms with E-state index in [4.69, 9.17) is 0 Å². The van der Waals surface area contributed by atoms with Gasteiger partial charge in [0.25, 0.3) is 0 Å². The highest BCUT2D eigenvalue weighted by molar-refractivity contribution is 5.75. The monoisotopic (exact) mass is 1060 g/mol. The molecule has 0 aliphatic carbocycles. The van der Waals surface area contributed by atoms with E-state index >= 15 is 0 Å². The van der Waals surface area contributed by atoms with Crippen LogP contribution in [0, 0.1) is 0 Å². The second kappa shape index (κ2) is 151. The molecule has 8 N–H and O–H groups in total. The average Bonchev–Trinajstić information content (AvgIpc) is 3.56. The van der Waals surface area contributed by atoms with Gasteiger partial charge < -0.3 is 42.1 Å². The summed E-state index contributed by atoms with van der Waals surface area (Å²) in [5, 5.41) is 0. The zero-order valence-corrected chi connectivity index (χ0v) is 53.6. The molecule has 0 amide bonds. The van der Waals surface area contributed by atoms with Crippen LogP contribution in [-0.2, 0) is 19.2 Å². The largest absolute Gasteiger partial charge is 0.333 e. The first-order valence-corrected chi connectivity index (χ1v) is 27.4. The van der Waals surface area contributed by atoms with Crippen LogP contribution in [0.2, 0.25) is 0 Å². The van der Waals surface area contributed by atoms with Crippen LogP contribution in [-0.4, -0.2) is 51.3 Å². The molecule has 6 aromatic rings. The predicted molar refractivity (Wildman–Crippen MR) is 351 cm³/mol. The average molecular weight is 1060 g/mol. The fourth-order valence-corrected chi connectivity index (χ4v) is 2.31. The van der Waals surface area contributed by atoms with Gasteiger partial charge in [0, 0.05) is 25.7 Å². The standard InChI is InChI=1S/6C6H6.4C4H8O.6C2H6.4CH5N/c6*1-2-4-6-5-3-1;4*1-3-4(2)5;10*1-2/h6*1-6H;4*3H2,1-2H3;6*1-2H3;4*2H2,1H3. The summed E-state index contributed by atoms with van der Waals surface area (Å²) in [6, 6.07) is 72.0. The van der Waals surface area contributed by atoms with E-state index in [1.165, 1.54) is 28.2 Å². The minimum atomic E-state index is 0.255. The normalized spacial score (nSPS) is 6.58. The lowest BCUT2D eigenvalue weighted by Crippen LogP contribution is -1.80. The Hall–Kier alpha value is -6.16. The van der Waals surface area contributed by atoms with Crippen molar-refractivity contribution in [2.24, 2.45) is 22.9 Å². The second-order valence-electron chi connectivity index (χ2n) is 11.2. The first-order chi connectivity index (χ1) is 37.1. The quantitative estimate of drug-likeness (QED) is 0.135. The van der Waals surface area contributed by atoms with Crippen molar-refractivity contribution in [2.45, 2.75) is 164 Å². The van der Waals surface area contributed by atoms with Gasteiger partial charge in [-0.05, 0) is 55.9 Å². The molecular formula is C68H124N4O4. The minimum absolute atomic E-state index is 0.255. The number of carbonyl (C=O) groups excluding carboxylic acids is 4. The Morgan fingerprint density at radius 2 is 0.211 bits per heavy atom. The maximum Gasteiger partial charge on any atom is 0.129 e. The fraction of sp³-hybridized carbons (Fsp3) is 0.412. The van der Waals surface area contributed by atoms with E-state index in [2.05, 4.69) is 22.9 Å². The minimum Gasteiger partial charge on any atom is -0.333 e. The van der Waals surface area contributed by atoms with Gasteiger partial charge in [0.2, 0.25) is 0 Å². The van der Waals surface area contributed by atoms with E-state index in [9.17, 15) is 19.2 Å². The topological polar surface area (TPSA) is 172 Å². The lowest BCUT2D eigenvalue weighted by Gasteiger charge is -1.71.